The molecule has 0 spiro atoms. The first-order valence-electron chi connectivity index (χ1n) is 5.80. The maximum absolute atomic E-state index is 13.5. The lowest BCUT2D eigenvalue weighted by Crippen LogP contribution is -2.45. The van der Waals surface area contributed by atoms with Gasteiger partial charge in [0.05, 0.1) is 24.9 Å². The van der Waals surface area contributed by atoms with Crippen molar-refractivity contribution in [2.75, 3.05) is 13.2 Å². The number of fused-ring (bicyclic) bond motifs is 1. The zero-order valence-electron chi connectivity index (χ0n) is 10.0. The minimum absolute atomic E-state index is 0.0213. The van der Waals surface area contributed by atoms with E-state index in [0.717, 1.165) is 0 Å². The summed E-state index contributed by atoms with van der Waals surface area (Å²) in [6, 6.07) is 4.43. The van der Waals surface area contributed by atoms with Crippen LogP contribution in [0.1, 0.15) is 6.92 Å². The van der Waals surface area contributed by atoms with E-state index in [-0.39, 0.29) is 16.5 Å². The van der Waals surface area contributed by atoms with Crippen molar-refractivity contribution in [3.63, 3.8) is 0 Å². The topological polar surface area (TPSA) is 44.1 Å². The molecule has 1 aliphatic heterocycles. The quantitative estimate of drug-likeness (QED) is 0.810. The van der Waals surface area contributed by atoms with Gasteiger partial charge in [-0.1, -0.05) is 13.0 Å². The Labute approximate surface area is 103 Å². The molecular weight excluding hydrogens is 235 g/mol. The van der Waals surface area contributed by atoms with Crippen molar-refractivity contribution in [2.24, 2.45) is 5.41 Å². The smallest absolute Gasteiger partial charge is 0.261 e. The van der Waals surface area contributed by atoms with E-state index in [9.17, 15) is 9.18 Å². The van der Waals surface area contributed by atoms with E-state index in [2.05, 4.69) is 11.9 Å². The number of halogens is 1. The molecule has 18 heavy (non-hydrogen) atoms. The lowest BCUT2D eigenvalue weighted by Gasteiger charge is -2.38. The second-order valence-corrected chi connectivity index (χ2v) is 5.12. The molecule has 0 N–H and O–H groups in total. The van der Waals surface area contributed by atoms with Gasteiger partial charge >= 0.3 is 0 Å². The number of para-hydroxylation sites is 1. The molecule has 1 aromatic carbocycles. The summed E-state index contributed by atoms with van der Waals surface area (Å²) in [4.78, 5) is 16.2. The van der Waals surface area contributed by atoms with Crippen molar-refractivity contribution >= 4 is 10.9 Å². The molecule has 1 aliphatic rings. The summed E-state index contributed by atoms with van der Waals surface area (Å²) < 4.78 is 20.2. The molecule has 1 saturated heterocycles. The van der Waals surface area contributed by atoms with Crippen LogP contribution in [0.25, 0.3) is 10.9 Å². The highest BCUT2D eigenvalue weighted by atomic mass is 19.1. The summed E-state index contributed by atoms with van der Waals surface area (Å²) in [6.45, 7) is 3.88. The molecule has 3 rings (SSSR count). The Bertz CT molecular complexity index is 662. The minimum Gasteiger partial charge on any atom is -0.380 e. The van der Waals surface area contributed by atoms with Crippen molar-refractivity contribution in [3.05, 3.63) is 40.7 Å². The summed E-state index contributed by atoms with van der Waals surface area (Å²) in [5, 5.41) is 0.321. The lowest BCUT2D eigenvalue weighted by atomic mass is 9.88. The fourth-order valence-electron chi connectivity index (χ4n) is 2.22. The summed E-state index contributed by atoms with van der Waals surface area (Å²) in [5.74, 6) is -0.463. The molecule has 94 valence electrons. The molecule has 0 unspecified atom stereocenters. The van der Waals surface area contributed by atoms with Crippen molar-refractivity contribution in [1.82, 2.24) is 9.55 Å². The molecule has 0 saturated carbocycles. The second kappa shape index (κ2) is 3.88. The molecule has 2 aromatic rings. The van der Waals surface area contributed by atoms with Crippen LogP contribution in [0, 0.1) is 11.2 Å². The standard InChI is InChI=1S/C13H13FN2O2/c1-13(6-18-7-13)5-16-8-15-11-9(12(16)17)3-2-4-10(11)14/h2-4,8H,5-7H2,1H3. The molecule has 0 radical (unpaired) electrons. The first-order chi connectivity index (χ1) is 8.59. The highest BCUT2D eigenvalue weighted by molar-refractivity contribution is 5.77. The Balaban J connectivity index is 2.09. The van der Waals surface area contributed by atoms with Crippen molar-refractivity contribution < 1.29 is 9.13 Å². The highest BCUT2D eigenvalue weighted by Crippen LogP contribution is 2.28. The molecule has 1 aromatic heterocycles. The van der Waals surface area contributed by atoms with Crippen LogP contribution in [0.3, 0.4) is 0 Å². The normalized spacial score (nSPS) is 17.7. The third kappa shape index (κ3) is 1.71. The van der Waals surface area contributed by atoms with Crippen molar-refractivity contribution in [3.8, 4) is 0 Å². The number of ether oxygens (including phenoxy) is 1. The van der Waals surface area contributed by atoms with Crippen LogP contribution in [0.15, 0.2) is 29.3 Å². The van der Waals surface area contributed by atoms with Gasteiger partial charge in [0.1, 0.15) is 11.3 Å². The monoisotopic (exact) mass is 248 g/mol. The molecule has 0 bridgehead atoms. The second-order valence-electron chi connectivity index (χ2n) is 5.12. The van der Waals surface area contributed by atoms with Gasteiger partial charge in [-0.05, 0) is 12.1 Å². The zero-order valence-corrected chi connectivity index (χ0v) is 10.0. The van der Waals surface area contributed by atoms with Gasteiger partial charge in [0.25, 0.3) is 5.56 Å². The predicted molar refractivity (Wildman–Crippen MR) is 64.9 cm³/mol. The van der Waals surface area contributed by atoms with Crippen LogP contribution in [-0.2, 0) is 11.3 Å². The van der Waals surface area contributed by atoms with Gasteiger partial charge in [-0.3, -0.25) is 9.36 Å². The van der Waals surface area contributed by atoms with E-state index in [1.165, 1.54) is 23.0 Å². The van der Waals surface area contributed by atoms with Gasteiger partial charge in [0.2, 0.25) is 0 Å². The molecule has 0 atom stereocenters. The van der Waals surface area contributed by atoms with Crippen LogP contribution in [0.4, 0.5) is 4.39 Å². The van der Waals surface area contributed by atoms with Gasteiger partial charge in [-0.2, -0.15) is 0 Å². The van der Waals surface area contributed by atoms with Crippen LogP contribution < -0.4 is 5.56 Å². The summed E-state index contributed by atoms with van der Waals surface area (Å²) >= 11 is 0. The first-order valence-corrected chi connectivity index (χ1v) is 5.80. The fourth-order valence-corrected chi connectivity index (χ4v) is 2.22. The van der Waals surface area contributed by atoms with Gasteiger partial charge in [0.15, 0.2) is 0 Å². The molecule has 2 heterocycles. The van der Waals surface area contributed by atoms with E-state index < -0.39 is 5.82 Å². The fraction of sp³-hybridized carbons (Fsp3) is 0.385. The van der Waals surface area contributed by atoms with Crippen LogP contribution in [-0.4, -0.2) is 22.8 Å². The Kier molecular flexibility index (Phi) is 2.45. The lowest BCUT2D eigenvalue weighted by molar-refractivity contribution is -0.110. The Morgan fingerprint density at radius 1 is 1.50 bits per heavy atom. The summed E-state index contributed by atoms with van der Waals surface area (Å²) in [5.41, 5.74) is -0.0895. The van der Waals surface area contributed by atoms with Gasteiger partial charge in [-0.25, -0.2) is 9.37 Å². The Morgan fingerprint density at radius 3 is 2.94 bits per heavy atom. The SMILES string of the molecule is CC1(Cn2cnc3c(F)cccc3c2=O)COC1. The number of rotatable bonds is 2. The average Bonchev–Trinajstić information content (AvgIpc) is 2.31. The third-order valence-corrected chi connectivity index (χ3v) is 3.26. The molecular formula is C13H13FN2O2. The van der Waals surface area contributed by atoms with Crippen LogP contribution >= 0.6 is 0 Å². The molecule has 1 fully saturated rings. The van der Waals surface area contributed by atoms with E-state index in [1.54, 1.807) is 6.07 Å². The number of benzene rings is 1. The number of hydrogen-bond acceptors (Lipinski definition) is 3. The van der Waals surface area contributed by atoms with Crippen molar-refractivity contribution in [1.29, 1.82) is 0 Å². The minimum atomic E-state index is -0.463. The van der Waals surface area contributed by atoms with E-state index >= 15 is 0 Å². The number of nitrogens with zero attached hydrogens (tertiary/aromatic N) is 2. The molecule has 5 heteroatoms. The summed E-state index contributed by atoms with van der Waals surface area (Å²) in [6.07, 6.45) is 1.41. The molecule has 0 amide bonds. The number of hydrogen-bond donors (Lipinski definition) is 0. The Morgan fingerprint density at radius 2 is 2.28 bits per heavy atom. The average molecular weight is 248 g/mol. The van der Waals surface area contributed by atoms with Gasteiger partial charge in [0, 0.05) is 12.0 Å². The zero-order chi connectivity index (χ0) is 12.8. The van der Waals surface area contributed by atoms with Gasteiger partial charge < -0.3 is 4.74 Å². The van der Waals surface area contributed by atoms with Crippen molar-refractivity contribution in [2.45, 2.75) is 13.5 Å². The number of aromatic nitrogens is 2. The Hall–Kier alpha value is -1.75. The largest absolute Gasteiger partial charge is 0.380 e. The highest BCUT2D eigenvalue weighted by Gasteiger charge is 2.34. The van der Waals surface area contributed by atoms with Crippen LogP contribution in [0.2, 0.25) is 0 Å². The predicted octanol–water partition coefficient (Wildman–Crippen LogP) is 1.57. The molecule has 4 nitrogen and oxygen atoms in total. The third-order valence-electron chi connectivity index (χ3n) is 3.26. The summed E-state index contributed by atoms with van der Waals surface area (Å²) in [7, 11) is 0. The first kappa shape index (κ1) is 11.3. The van der Waals surface area contributed by atoms with E-state index in [0.29, 0.717) is 25.1 Å². The van der Waals surface area contributed by atoms with E-state index in [1.807, 2.05) is 0 Å². The maximum atomic E-state index is 13.5. The van der Waals surface area contributed by atoms with E-state index in [4.69, 9.17) is 4.74 Å². The van der Waals surface area contributed by atoms with Crippen LogP contribution in [0.5, 0.6) is 0 Å². The molecule has 0 aliphatic carbocycles. The van der Waals surface area contributed by atoms with Gasteiger partial charge in [-0.15, -0.1) is 0 Å². The maximum Gasteiger partial charge on any atom is 0.261 e.